The Labute approximate surface area is 126 Å². The second-order valence-corrected chi connectivity index (χ2v) is 6.88. The summed E-state index contributed by atoms with van der Waals surface area (Å²) in [5.74, 6) is 0.217. The maximum atomic E-state index is 12.6. The zero-order valence-corrected chi connectivity index (χ0v) is 13.1. The van der Waals surface area contributed by atoms with Crippen LogP contribution in [0.2, 0.25) is 0 Å². The number of rotatable bonds is 6. The number of carbonyl (C=O) groups is 2. The van der Waals surface area contributed by atoms with E-state index in [9.17, 15) is 9.59 Å². The van der Waals surface area contributed by atoms with Gasteiger partial charge < -0.3 is 14.7 Å². The predicted octanol–water partition coefficient (Wildman–Crippen LogP) is 2.01. The average Bonchev–Trinajstić information content (AvgIpc) is 3.06. The molecule has 5 heteroatoms. The van der Waals surface area contributed by atoms with Gasteiger partial charge in [-0.25, -0.2) is 0 Å². The van der Waals surface area contributed by atoms with E-state index in [0.717, 1.165) is 39.1 Å². The molecule has 3 unspecified atom stereocenters. The van der Waals surface area contributed by atoms with Crippen LogP contribution in [0.3, 0.4) is 0 Å². The van der Waals surface area contributed by atoms with Crippen LogP contribution in [0, 0.1) is 23.7 Å². The molecule has 2 aliphatic heterocycles. The van der Waals surface area contributed by atoms with Crippen molar-refractivity contribution in [1.29, 1.82) is 0 Å². The minimum atomic E-state index is -0.881. The number of aliphatic carboxylic acids is 1. The summed E-state index contributed by atoms with van der Waals surface area (Å²) in [6, 6.07) is 0. The molecule has 1 amide bonds. The third-order valence-corrected chi connectivity index (χ3v) is 4.69. The Morgan fingerprint density at radius 3 is 2.62 bits per heavy atom. The van der Waals surface area contributed by atoms with Gasteiger partial charge in [-0.05, 0) is 37.0 Å². The number of likely N-dealkylation sites (tertiary alicyclic amines) is 1. The van der Waals surface area contributed by atoms with Crippen LogP contribution in [0.15, 0.2) is 0 Å². The zero-order chi connectivity index (χ0) is 15.4. The third kappa shape index (κ3) is 4.43. The Morgan fingerprint density at radius 1 is 1.29 bits per heavy atom. The molecule has 120 valence electrons. The number of carbonyl (C=O) groups excluding carboxylic acids is 1. The topological polar surface area (TPSA) is 66.8 Å². The van der Waals surface area contributed by atoms with Crippen LogP contribution in [0.1, 0.15) is 39.5 Å². The molecule has 3 atom stereocenters. The van der Waals surface area contributed by atoms with Gasteiger partial charge in [0.1, 0.15) is 0 Å². The van der Waals surface area contributed by atoms with E-state index < -0.39 is 5.97 Å². The second-order valence-electron chi connectivity index (χ2n) is 6.88. The smallest absolute Gasteiger partial charge is 0.304 e. The number of hydrogen-bond donors (Lipinski definition) is 1. The Bertz CT molecular complexity index is 376. The average molecular weight is 297 g/mol. The van der Waals surface area contributed by atoms with Gasteiger partial charge in [0, 0.05) is 32.2 Å². The molecule has 0 saturated carbocycles. The van der Waals surface area contributed by atoms with E-state index in [1.54, 1.807) is 0 Å². The van der Waals surface area contributed by atoms with E-state index in [-0.39, 0.29) is 18.2 Å². The summed E-state index contributed by atoms with van der Waals surface area (Å²) >= 11 is 0. The number of carboxylic acids is 1. The monoisotopic (exact) mass is 297 g/mol. The summed E-state index contributed by atoms with van der Waals surface area (Å²) in [5.41, 5.74) is 0. The van der Waals surface area contributed by atoms with E-state index in [1.165, 1.54) is 0 Å². The summed E-state index contributed by atoms with van der Waals surface area (Å²) in [6.45, 7) is 7.27. The van der Waals surface area contributed by atoms with Gasteiger partial charge in [-0.2, -0.15) is 0 Å². The quantitative estimate of drug-likeness (QED) is 0.814. The van der Waals surface area contributed by atoms with Crippen LogP contribution in [0.5, 0.6) is 0 Å². The largest absolute Gasteiger partial charge is 0.481 e. The lowest BCUT2D eigenvalue weighted by Crippen LogP contribution is -2.36. The van der Waals surface area contributed by atoms with E-state index in [4.69, 9.17) is 9.84 Å². The van der Waals surface area contributed by atoms with Gasteiger partial charge in [-0.15, -0.1) is 0 Å². The van der Waals surface area contributed by atoms with Crippen LogP contribution in [0.25, 0.3) is 0 Å². The van der Waals surface area contributed by atoms with Gasteiger partial charge >= 0.3 is 5.97 Å². The highest BCUT2D eigenvalue weighted by atomic mass is 16.5. The van der Waals surface area contributed by atoms with Gasteiger partial charge in [0.25, 0.3) is 0 Å². The van der Waals surface area contributed by atoms with Crippen molar-refractivity contribution in [2.75, 3.05) is 26.3 Å². The molecule has 0 aromatic heterocycles. The van der Waals surface area contributed by atoms with Gasteiger partial charge in [0.15, 0.2) is 0 Å². The lowest BCUT2D eigenvalue weighted by atomic mass is 9.91. The van der Waals surface area contributed by atoms with Crippen molar-refractivity contribution < 1.29 is 19.4 Å². The zero-order valence-electron chi connectivity index (χ0n) is 13.1. The van der Waals surface area contributed by atoms with Crippen molar-refractivity contribution >= 4 is 11.9 Å². The molecule has 0 aromatic rings. The molecule has 2 fully saturated rings. The van der Waals surface area contributed by atoms with Crippen LogP contribution in [-0.4, -0.2) is 48.2 Å². The molecule has 0 spiro atoms. The second kappa shape index (κ2) is 7.25. The lowest BCUT2D eigenvalue weighted by Gasteiger charge is -2.24. The molecule has 0 aromatic carbocycles. The highest BCUT2D eigenvalue weighted by molar-refractivity contribution is 5.83. The molecule has 2 rings (SSSR count). The summed E-state index contributed by atoms with van der Waals surface area (Å²) in [6.07, 6.45) is 2.72. The molecule has 5 nitrogen and oxygen atoms in total. The first-order valence-electron chi connectivity index (χ1n) is 8.05. The minimum Gasteiger partial charge on any atom is -0.481 e. The van der Waals surface area contributed by atoms with Gasteiger partial charge in [-0.3, -0.25) is 9.59 Å². The van der Waals surface area contributed by atoms with Crippen molar-refractivity contribution in [3.63, 3.8) is 0 Å². The number of nitrogens with zero attached hydrogens (tertiary/aromatic N) is 1. The first-order valence-corrected chi connectivity index (χ1v) is 8.05. The Kier molecular flexibility index (Phi) is 5.62. The Hall–Kier alpha value is -1.10. The van der Waals surface area contributed by atoms with Crippen LogP contribution < -0.4 is 0 Å². The van der Waals surface area contributed by atoms with E-state index in [1.807, 2.05) is 18.7 Å². The maximum Gasteiger partial charge on any atom is 0.304 e. The maximum absolute atomic E-state index is 12.6. The van der Waals surface area contributed by atoms with Crippen molar-refractivity contribution in [2.45, 2.75) is 39.5 Å². The molecular weight excluding hydrogens is 270 g/mol. The summed E-state index contributed by atoms with van der Waals surface area (Å²) in [7, 11) is 0. The summed E-state index contributed by atoms with van der Waals surface area (Å²) in [4.78, 5) is 25.5. The van der Waals surface area contributed by atoms with Crippen molar-refractivity contribution in [1.82, 2.24) is 4.90 Å². The van der Waals surface area contributed by atoms with E-state index >= 15 is 0 Å². The fourth-order valence-corrected chi connectivity index (χ4v) is 3.61. The van der Waals surface area contributed by atoms with Crippen LogP contribution in [0.4, 0.5) is 0 Å². The SMILES string of the molecule is CC(C)CC(CC(=O)O)C(=O)N1CCC(C2CCOC2)C1. The fraction of sp³-hybridized carbons (Fsp3) is 0.875. The standard InChI is InChI=1S/C16H27NO4/c1-11(2)7-14(8-15(18)19)16(20)17-5-3-12(9-17)13-4-6-21-10-13/h11-14H,3-10H2,1-2H3,(H,18,19). The highest BCUT2D eigenvalue weighted by Gasteiger charge is 2.36. The number of hydrogen-bond acceptors (Lipinski definition) is 3. The molecule has 0 radical (unpaired) electrons. The summed E-state index contributed by atoms with van der Waals surface area (Å²) in [5, 5.41) is 9.03. The van der Waals surface area contributed by atoms with Crippen molar-refractivity contribution in [3.8, 4) is 0 Å². The molecular formula is C16H27NO4. The van der Waals surface area contributed by atoms with Crippen molar-refractivity contribution in [3.05, 3.63) is 0 Å². The number of ether oxygens (including phenoxy) is 1. The summed E-state index contributed by atoms with van der Waals surface area (Å²) < 4.78 is 5.44. The fourth-order valence-electron chi connectivity index (χ4n) is 3.61. The van der Waals surface area contributed by atoms with E-state index in [2.05, 4.69) is 0 Å². The predicted molar refractivity (Wildman–Crippen MR) is 78.8 cm³/mol. The molecule has 1 N–H and O–H groups in total. The molecule has 0 bridgehead atoms. The minimum absolute atomic E-state index is 0.0347. The van der Waals surface area contributed by atoms with Crippen LogP contribution >= 0.6 is 0 Å². The van der Waals surface area contributed by atoms with Gasteiger partial charge in [0.2, 0.25) is 5.91 Å². The molecule has 2 saturated heterocycles. The molecule has 0 aliphatic carbocycles. The Morgan fingerprint density at radius 2 is 2.05 bits per heavy atom. The van der Waals surface area contributed by atoms with E-state index in [0.29, 0.717) is 24.2 Å². The highest BCUT2D eigenvalue weighted by Crippen LogP contribution is 2.31. The normalized spacial score (nSPS) is 27.3. The number of amides is 1. The van der Waals surface area contributed by atoms with Gasteiger partial charge in [-0.1, -0.05) is 13.8 Å². The molecule has 2 aliphatic rings. The van der Waals surface area contributed by atoms with Crippen molar-refractivity contribution in [2.24, 2.45) is 23.7 Å². The van der Waals surface area contributed by atoms with Gasteiger partial charge in [0.05, 0.1) is 6.42 Å². The first-order chi connectivity index (χ1) is 9.97. The Balaban J connectivity index is 1.92. The first kappa shape index (κ1) is 16.3. The third-order valence-electron chi connectivity index (χ3n) is 4.69. The van der Waals surface area contributed by atoms with Crippen LogP contribution in [-0.2, 0) is 14.3 Å². The number of carboxylic acid groups (broad SMARTS) is 1. The molecule has 21 heavy (non-hydrogen) atoms. The lowest BCUT2D eigenvalue weighted by molar-refractivity contribution is -0.144. The molecule has 2 heterocycles.